The SMILES string of the molecule is O=C(O)N1CCC2(CC1)Nc1ccccc1C2=O. The van der Waals surface area contributed by atoms with E-state index in [4.69, 9.17) is 5.11 Å². The lowest BCUT2D eigenvalue weighted by atomic mass is 9.84. The minimum atomic E-state index is -0.909. The number of hydrogen-bond donors (Lipinski definition) is 2. The van der Waals surface area contributed by atoms with E-state index in [9.17, 15) is 9.59 Å². The van der Waals surface area contributed by atoms with Crippen LogP contribution in [0.3, 0.4) is 0 Å². The van der Waals surface area contributed by atoms with Gasteiger partial charge in [-0.1, -0.05) is 12.1 Å². The van der Waals surface area contributed by atoms with Gasteiger partial charge in [0.1, 0.15) is 5.54 Å². The van der Waals surface area contributed by atoms with Crippen LogP contribution in [0.5, 0.6) is 0 Å². The molecule has 94 valence electrons. The zero-order valence-electron chi connectivity index (χ0n) is 9.85. The molecule has 1 spiro atoms. The molecule has 3 rings (SSSR count). The molecule has 0 radical (unpaired) electrons. The second kappa shape index (κ2) is 3.73. The number of carbonyl (C=O) groups excluding carboxylic acids is 1. The number of Topliss-reactive ketones (excluding diaryl/α,β-unsaturated/α-hetero) is 1. The first-order valence-corrected chi connectivity index (χ1v) is 6.02. The average molecular weight is 246 g/mol. The van der Waals surface area contributed by atoms with E-state index in [2.05, 4.69) is 5.32 Å². The summed E-state index contributed by atoms with van der Waals surface area (Å²) in [5.74, 6) is 0.100. The van der Waals surface area contributed by atoms with Crippen LogP contribution in [0.15, 0.2) is 24.3 Å². The second-order valence-electron chi connectivity index (χ2n) is 4.85. The zero-order chi connectivity index (χ0) is 12.8. The van der Waals surface area contributed by atoms with Crippen LogP contribution in [0.4, 0.5) is 10.5 Å². The van der Waals surface area contributed by atoms with E-state index in [-0.39, 0.29) is 5.78 Å². The van der Waals surface area contributed by atoms with Crippen molar-refractivity contribution in [1.82, 2.24) is 4.90 Å². The largest absolute Gasteiger partial charge is 0.465 e. The Bertz CT molecular complexity index is 519. The third-order valence-corrected chi connectivity index (χ3v) is 3.87. The Balaban J connectivity index is 1.84. The van der Waals surface area contributed by atoms with E-state index < -0.39 is 11.6 Å². The summed E-state index contributed by atoms with van der Waals surface area (Å²) in [4.78, 5) is 24.7. The third-order valence-electron chi connectivity index (χ3n) is 3.87. The molecule has 0 aliphatic carbocycles. The first kappa shape index (κ1) is 11.1. The molecule has 0 aromatic heterocycles. The van der Waals surface area contributed by atoms with E-state index in [1.807, 2.05) is 24.3 Å². The van der Waals surface area contributed by atoms with Crippen LogP contribution in [-0.4, -0.2) is 40.5 Å². The number of benzene rings is 1. The van der Waals surface area contributed by atoms with Crippen LogP contribution in [-0.2, 0) is 0 Å². The molecule has 1 aromatic rings. The predicted molar refractivity (Wildman–Crippen MR) is 66.0 cm³/mol. The summed E-state index contributed by atoms with van der Waals surface area (Å²) in [6, 6.07) is 7.46. The molecule has 1 amide bonds. The van der Waals surface area contributed by atoms with Gasteiger partial charge in [-0.15, -0.1) is 0 Å². The van der Waals surface area contributed by atoms with E-state index in [0.29, 0.717) is 25.9 Å². The molecule has 0 unspecified atom stereocenters. The van der Waals surface area contributed by atoms with Crippen molar-refractivity contribution in [2.45, 2.75) is 18.4 Å². The molecule has 0 saturated carbocycles. The fraction of sp³-hybridized carbons (Fsp3) is 0.385. The monoisotopic (exact) mass is 246 g/mol. The Labute approximate surface area is 104 Å². The number of anilines is 1. The van der Waals surface area contributed by atoms with Gasteiger partial charge in [0.2, 0.25) is 0 Å². The van der Waals surface area contributed by atoms with E-state index in [1.54, 1.807) is 0 Å². The molecule has 0 atom stereocenters. The van der Waals surface area contributed by atoms with Crippen molar-refractivity contribution >= 4 is 17.6 Å². The molecule has 1 fully saturated rings. The van der Waals surface area contributed by atoms with Crippen LogP contribution in [0.25, 0.3) is 0 Å². The van der Waals surface area contributed by atoms with Gasteiger partial charge >= 0.3 is 6.09 Å². The number of carboxylic acid groups (broad SMARTS) is 1. The number of amides is 1. The predicted octanol–water partition coefficient (Wildman–Crippen LogP) is 1.81. The number of nitrogens with one attached hydrogen (secondary N) is 1. The normalized spacial score (nSPS) is 20.7. The van der Waals surface area contributed by atoms with Gasteiger partial charge in [0.15, 0.2) is 5.78 Å². The maximum atomic E-state index is 12.4. The van der Waals surface area contributed by atoms with Crippen molar-refractivity contribution in [1.29, 1.82) is 0 Å². The van der Waals surface area contributed by atoms with Gasteiger partial charge in [-0.25, -0.2) is 4.79 Å². The number of piperidine rings is 1. The summed E-state index contributed by atoms with van der Waals surface area (Å²) in [6.45, 7) is 0.810. The highest BCUT2D eigenvalue weighted by atomic mass is 16.4. The van der Waals surface area contributed by atoms with Crippen molar-refractivity contribution in [3.63, 3.8) is 0 Å². The quantitative estimate of drug-likeness (QED) is 0.732. The molecule has 2 aliphatic heterocycles. The van der Waals surface area contributed by atoms with Gasteiger partial charge in [-0.2, -0.15) is 0 Å². The highest BCUT2D eigenvalue weighted by Crippen LogP contribution is 2.38. The summed E-state index contributed by atoms with van der Waals surface area (Å²) < 4.78 is 0. The Hall–Kier alpha value is -2.04. The van der Waals surface area contributed by atoms with Crippen molar-refractivity contribution in [2.24, 2.45) is 0 Å². The fourth-order valence-corrected chi connectivity index (χ4v) is 2.79. The van der Waals surface area contributed by atoms with Crippen LogP contribution >= 0.6 is 0 Å². The van der Waals surface area contributed by atoms with Crippen LogP contribution in [0, 0.1) is 0 Å². The maximum absolute atomic E-state index is 12.4. The maximum Gasteiger partial charge on any atom is 0.407 e. The van der Waals surface area contributed by atoms with Crippen LogP contribution < -0.4 is 5.32 Å². The lowest BCUT2D eigenvalue weighted by Gasteiger charge is -2.37. The molecule has 5 heteroatoms. The van der Waals surface area contributed by atoms with Gasteiger partial charge in [0.05, 0.1) is 0 Å². The number of fused-ring (bicyclic) bond motifs is 1. The third kappa shape index (κ3) is 1.47. The van der Waals surface area contributed by atoms with Crippen molar-refractivity contribution in [3.05, 3.63) is 29.8 Å². The van der Waals surface area contributed by atoms with Crippen LogP contribution in [0.2, 0.25) is 0 Å². The number of ketones is 1. The molecule has 0 bridgehead atoms. The molecule has 2 N–H and O–H groups in total. The number of likely N-dealkylation sites (tertiary alicyclic amines) is 1. The fourth-order valence-electron chi connectivity index (χ4n) is 2.79. The van der Waals surface area contributed by atoms with Gasteiger partial charge < -0.3 is 15.3 Å². The highest BCUT2D eigenvalue weighted by molar-refractivity contribution is 6.13. The van der Waals surface area contributed by atoms with E-state index in [0.717, 1.165) is 11.3 Å². The summed E-state index contributed by atoms with van der Waals surface area (Å²) in [5, 5.41) is 12.2. The molecule has 1 aromatic carbocycles. The Morgan fingerprint density at radius 2 is 1.94 bits per heavy atom. The van der Waals surface area contributed by atoms with Gasteiger partial charge in [-0.3, -0.25) is 4.79 Å². The van der Waals surface area contributed by atoms with Crippen molar-refractivity contribution in [3.8, 4) is 0 Å². The number of carbonyl (C=O) groups is 2. The smallest absolute Gasteiger partial charge is 0.407 e. The summed E-state index contributed by atoms with van der Waals surface area (Å²) in [6.07, 6.45) is 0.160. The molecule has 2 heterocycles. The Morgan fingerprint density at radius 3 is 2.56 bits per heavy atom. The number of hydrogen-bond acceptors (Lipinski definition) is 3. The van der Waals surface area contributed by atoms with Gasteiger partial charge in [0.25, 0.3) is 0 Å². The molecular weight excluding hydrogens is 232 g/mol. The minimum Gasteiger partial charge on any atom is -0.465 e. The first-order valence-electron chi connectivity index (χ1n) is 6.02. The topological polar surface area (TPSA) is 69.6 Å². The number of rotatable bonds is 0. The van der Waals surface area contributed by atoms with Gasteiger partial charge in [-0.05, 0) is 25.0 Å². The molecular formula is C13H14N2O3. The molecule has 5 nitrogen and oxygen atoms in total. The number of para-hydroxylation sites is 1. The second-order valence-corrected chi connectivity index (χ2v) is 4.85. The minimum absolute atomic E-state index is 0.100. The van der Waals surface area contributed by atoms with Crippen LogP contribution in [0.1, 0.15) is 23.2 Å². The summed E-state index contributed by atoms with van der Waals surface area (Å²) >= 11 is 0. The Kier molecular flexibility index (Phi) is 2.29. The average Bonchev–Trinajstić information content (AvgIpc) is 2.64. The summed E-state index contributed by atoms with van der Waals surface area (Å²) in [7, 11) is 0. The number of nitrogens with zero attached hydrogens (tertiary/aromatic N) is 1. The lowest BCUT2D eigenvalue weighted by Crippen LogP contribution is -2.52. The van der Waals surface area contributed by atoms with E-state index in [1.165, 1.54) is 4.90 Å². The highest BCUT2D eigenvalue weighted by Gasteiger charge is 2.47. The van der Waals surface area contributed by atoms with Crippen molar-refractivity contribution < 1.29 is 14.7 Å². The molecule has 18 heavy (non-hydrogen) atoms. The molecule has 2 aliphatic rings. The van der Waals surface area contributed by atoms with E-state index >= 15 is 0 Å². The Morgan fingerprint density at radius 1 is 1.28 bits per heavy atom. The summed E-state index contributed by atoms with van der Waals surface area (Å²) in [5.41, 5.74) is 1.00. The lowest BCUT2D eigenvalue weighted by molar-refractivity contribution is 0.0813. The first-order chi connectivity index (χ1) is 8.62. The standard InChI is InChI=1S/C13H14N2O3/c16-11-9-3-1-2-4-10(9)14-13(11)5-7-15(8-6-13)12(17)18/h1-4,14H,5-8H2,(H,17,18). The zero-order valence-corrected chi connectivity index (χ0v) is 9.85. The van der Waals surface area contributed by atoms with Gasteiger partial charge in [0, 0.05) is 24.3 Å². The molecule has 1 saturated heterocycles. The van der Waals surface area contributed by atoms with Crippen molar-refractivity contribution in [2.75, 3.05) is 18.4 Å².